The van der Waals surface area contributed by atoms with Gasteiger partial charge in [-0.1, -0.05) is 29.8 Å². The van der Waals surface area contributed by atoms with Crippen molar-refractivity contribution in [3.8, 4) is 5.75 Å². The molecule has 2 fully saturated rings. The van der Waals surface area contributed by atoms with Gasteiger partial charge in [0, 0.05) is 23.5 Å². The highest BCUT2D eigenvalue weighted by molar-refractivity contribution is 7.89. The van der Waals surface area contributed by atoms with Crippen molar-refractivity contribution in [2.45, 2.75) is 17.4 Å². The zero-order valence-electron chi connectivity index (χ0n) is 20.4. The van der Waals surface area contributed by atoms with Crippen LogP contribution in [0, 0.1) is 11.8 Å². The Morgan fingerprint density at radius 2 is 1.95 bits per heavy atom. The lowest BCUT2D eigenvalue weighted by Gasteiger charge is -2.32. The molecule has 1 saturated heterocycles. The molecular weight excluding hydrogens is 552 g/mol. The first-order chi connectivity index (χ1) is 18.6. The number of H-pyrrole nitrogens is 1. The fraction of sp³-hybridized carbons (Fsp3) is 0.320. The number of hydrogen-bond donors (Lipinski definition) is 4. The molecule has 2 aliphatic rings. The zero-order valence-corrected chi connectivity index (χ0v) is 22.0. The van der Waals surface area contributed by atoms with Crippen LogP contribution in [0.15, 0.2) is 47.4 Å². The number of sulfonamides is 1. The summed E-state index contributed by atoms with van der Waals surface area (Å²) in [5.41, 5.74) is 5.40. The van der Waals surface area contributed by atoms with E-state index in [-0.39, 0.29) is 64.9 Å². The fourth-order valence-corrected chi connectivity index (χ4v) is 6.61. The number of carboxylic acids is 1. The molecule has 2 heterocycles. The number of nitrogens with one attached hydrogen (secondary N) is 2. The maximum atomic E-state index is 13.9. The Labute approximate surface area is 228 Å². The Bertz CT molecular complexity index is 1560. The van der Waals surface area contributed by atoms with Crippen LogP contribution >= 0.6 is 11.6 Å². The quantitative estimate of drug-likeness (QED) is 0.298. The molecule has 0 radical (unpaired) electrons. The predicted octanol–water partition coefficient (Wildman–Crippen LogP) is 2.05. The van der Waals surface area contributed by atoms with Crippen LogP contribution in [0.1, 0.15) is 16.9 Å². The maximum Gasteiger partial charge on any atom is 0.307 e. The number of aliphatic carboxylic acids is 1. The number of carboxylic acid groups (broad SMARTS) is 1. The molecule has 5 N–H and O–H groups in total. The van der Waals surface area contributed by atoms with Crippen LogP contribution in [0.3, 0.4) is 0 Å². The molecule has 1 aliphatic carbocycles. The van der Waals surface area contributed by atoms with E-state index in [9.17, 15) is 22.8 Å². The lowest BCUT2D eigenvalue weighted by atomic mass is 10.2. The van der Waals surface area contributed by atoms with Crippen LogP contribution in [-0.2, 0) is 24.3 Å². The van der Waals surface area contributed by atoms with E-state index in [1.165, 1.54) is 16.4 Å². The Kier molecular flexibility index (Phi) is 7.25. The number of carbonyl (C=O) groups is 3. The number of carbonyl (C=O) groups excluding carboxylic acids is 2. The second kappa shape index (κ2) is 10.5. The number of primary amides is 1. The van der Waals surface area contributed by atoms with Gasteiger partial charge in [-0.05, 0) is 30.7 Å². The van der Waals surface area contributed by atoms with Crippen molar-refractivity contribution in [3.05, 3.63) is 53.2 Å². The standard InChI is InChI=1S/C25H25ClN4O8S/c26-13-8-18-20(19(9-13)28-24(32)16-10-17(16)25(33)34)29-21(23(27)31)22(18)39(35,36)30-6-7-37-15(11-30)12-38-14-4-2-1-3-5-14/h1-5,8-9,15-17,29H,6-7,10-12H2,(H2,27,31)(H,28,32)(H,33,34)/t15-,16?,17?/m0/s1. The summed E-state index contributed by atoms with van der Waals surface area (Å²) in [6, 6.07) is 11.7. The highest BCUT2D eigenvalue weighted by Crippen LogP contribution is 2.41. The SMILES string of the molecule is NC(=O)c1[nH]c2c(NC(=O)C3CC3C(=O)O)cc(Cl)cc2c1S(=O)(=O)N1CCO[C@H](COc2ccccc2)C1. The molecule has 14 heteroatoms. The number of aromatic nitrogens is 1. The predicted molar refractivity (Wildman–Crippen MR) is 140 cm³/mol. The molecule has 3 aromatic rings. The summed E-state index contributed by atoms with van der Waals surface area (Å²) in [5.74, 6) is -3.56. The molecule has 1 aromatic heterocycles. The van der Waals surface area contributed by atoms with Gasteiger partial charge in [0.15, 0.2) is 0 Å². The first-order valence-electron chi connectivity index (χ1n) is 12.0. The number of benzene rings is 2. The molecule has 206 valence electrons. The van der Waals surface area contributed by atoms with Crippen molar-refractivity contribution < 1.29 is 37.4 Å². The molecule has 3 atom stereocenters. The average molecular weight is 577 g/mol. The van der Waals surface area contributed by atoms with E-state index in [4.69, 9.17) is 31.9 Å². The van der Waals surface area contributed by atoms with Gasteiger partial charge in [-0.25, -0.2) is 8.42 Å². The van der Waals surface area contributed by atoms with Gasteiger partial charge < -0.3 is 30.6 Å². The minimum absolute atomic E-state index is 0.0253. The van der Waals surface area contributed by atoms with Gasteiger partial charge in [0.25, 0.3) is 5.91 Å². The average Bonchev–Trinajstić information content (AvgIpc) is 3.62. The van der Waals surface area contributed by atoms with Gasteiger partial charge in [0.1, 0.15) is 29.0 Å². The number of nitrogens with zero attached hydrogens (tertiary/aromatic N) is 1. The van der Waals surface area contributed by atoms with E-state index in [1.54, 1.807) is 12.1 Å². The summed E-state index contributed by atoms with van der Waals surface area (Å²) in [7, 11) is -4.31. The summed E-state index contributed by atoms with van der Waals surface area (Å²) < 4.78 is 40.4. The van der Waals surface area contributed by atoms with Gasteiger partial charge in [-0.3, -0.25) is 14.4 Å². The van der Waals surface area contributed by atoms with Gasteiger partial charge >= 0.3 is 5.97 Å². The molecule has 0 spiro atoms. The number of ether oxygens (including phenoxy) is 2. The summed E-state index contributed by atoms with van der Waals surface area (Å²) in [5, 5.41) is 11.9. The second-order valence-electron chi connectivity index (χ2n) is 9.33. The van der Waals surface area contributed by atoms with Crippen molar-refractivity contribution in [3.63, 3.8) is 0 Å². The zero-order chi connectivity index (χ0) is 27.9. The topological polar surface area (TPSA) is 181 Å². The van der Waals surface area contributed by atoms with Crippen LogP contribution in [0.5, 0.6) is 5.75 Å². The Morgan fingerprint density at radius 1 is 1.21 bits per heavy atom. The molecule has 0 bridgehead atoms. The smallest absolute Gasteiger partial charge is 0.307 e. The number of aromatic amines is 1. The largest absolute Gasteiger partial charge is 0.491 e. The third kappa shape index (κ3) is 5.43. The van der Waals surface area contributed by atoms with Crippen LogP contribution in [-0.4, -0.2) is 73.0 Å². The van der Waals surface area contributed by atoms with Crippen molar-refractivity contribution in [2.24, 2.45) is 17.6 Å². The van der Waals surface area contributed by atoms with Gasteiger partial charge in [0.05, 0.1) is 29.6 Å². The normalized spacial score (nSPS) is 21.4. The van der Waals surface area contributed by atoms with Crippen LogP contribution in [0.2, 0.25) is 5.02 Å². The van der Waals surface area contributed by atoms with Crippen molar-refractivity contribution in [1.82, 2.24) is 9.29 Å². The molecule has 2 unspecified atom stereocenters. The number of hydrogen-bond acceptors (Lipinski definition) is 7. The number of fused-ring (bicyclic) bond motifs is 1. The summed E-state index contributed by atoms with van der Waals surface area (Å²) in [6.07, 6.45) is -0.386. The van der Waals surface area contributed by atoms with Crippen LogP contribution in [0.4, 0.5) is 5.69 Å². The highest BCUT2D eigenvalue weighted by atomic mass is 35.5. The number of amides is 2. The lowest BCUT2D eigenvalue weighted by Crippen LogP contribution is -2.47. The Balaban J connectivity index is 1.45. The number of halogens is 1. The first-order valence-corrected chi connectivity index (χ1v) is 13.9. The van der Waals surface area contributed by atoms with E-state index in [1.807, 2.05) is 18.2 Å². The van der Waals surface area contributed by atoms with Crippen LogP contribution in [0.25, 0.3) is 10.9 Å². The lowest BCUT2D eigenvalue weighted by molar-refractivity contribution is -0.139. The molecule has 5 rings (SSSR count). The van der Waals surface area contributed by atoms with E-state index in [2.05, 4.69) is 10.3 Å². The van der Waals surface area contributed by atoms with Crippen molar-refractivity contribution in [2.75, 3.05) is 31.6 Å². The number of anilines is 1. The minimum Gasteiger partial charge on any atom is -0.491 e. The summed E-state index contributed by atoms with van der Waals surface area (Å²) >= 11 is 6.28. The fourth-order valence-electron chi connectivity index (χ4n) is 4.61. The molecule has 2 amide bonds. The number of morpholine rings is 1. The Hall–Kier alpha value is -3.65. The van der Waals surface area contributed by atoms with Crippen molar-refractivity contribution in [1.29, 1.82) is 0 Å². The van der Waals surface area contributed by atoms with Gasteiger partial charge in [-0.15, -0.1) is 0 Å². The Morgan fingerprint density at radius 3 is 2.62 bits per heavy atom. The molecular formula is C25H25ClN4O8S. The van der Waals surface area contributed by atoms with Crippen molar-refractivity contribution >= 4 is 56.0 Å². The molecule has 39 heavy (non-hydrogen) atoms. The number of para-hydroxylation sites is 1. The summed E-state index contributed by atoms with van der Waals surface area (Å²) in [6.45, 7) is 0.192. The van der Waals surface area contributed by atoms with E-state index < -0.39 is 45.7 Å². The van der Waals surface area contributed by atoms with Gasteiger partial charge in [-0.2, -0.15) is 4.31 Å². The third-order valence-corrected chi connectivity index (χ3v) is 8.82. The monoisotopic (exact) mass is 576 g/mol. The van der Waals surface area contributed by atoms with E-state index in [0.717, 1.165) is 0 Å². The third-order valence-electron chi connectivity index (χ3n) is 6.65. The molecule has 1 aliphatic heterocycles. The minimum atomic E-state index is -4.31. The molecule has 2 aromatic carbocycles. The number of rotatable bonds is 9. The second-order valence-corrected chi connectivity index (χ2v) is 11.6. The molecule has 1 saturated carbocycles. The molecule has 12 nitrogen and oxygen atoms in total. The maximum absolute atomic E-state index is 13.9. The van der Waals surface area contributed by atoms with Gasteiger partial charge in [0.2, 0.25) is 15.9 Å². The number of nitrogens with two attached hydrogens (primary N) is 1. The highest BCUT2D eigenvalue weighted by Gasteiger charge is 2.48. The van der Waals surface area contributed by atoms with E-state index >= 15 is 0 Å². The van der Waals surface area contributed by atoms with E-state index in [0.29, 0.717) is 5.75 Å². The first kappa shape index (κ1) is 26.9. The summed E-state index contributed by atoms with van der Waals surface area (Å²) in [4.78, 5) is 38.5. The van der Waals surface area contributed by atoms with Crippen LogP contribution < -0.4 is 15.8 Å².